The van der Waals surface area contributed by atoms with Crippen molar-refractivity contribution in [1.82, 2.24) is 10.5 Å². The number of nitrogens with zero attached hydrogens (tertiary/aromatic N) is 1. The summed E-state index contributed by atoms with van der Waals surface area (Å²) in [6, 6.07) is 53.3. The van der Waals surface area contributed by atoms with Crippen LogP contribution in [0.4, 0.5) is 5.69 Å². The molecule has 6 heteroatoms. The van der Waals surface area contributed by atoms with Crippen LogP contribution in [0.25, 0.3) is 5.70 Å². The molecule has 0 spiro atoms. The Kier molecular flexibility index (Phi) is 9.18. The lowest BCUT2D eigenvalue weighted by Crippen LogP contribution is -2.34. The van der Waals surface area contributed by atoms with E-state index in [9.17, 15) is 4.79 Å². The number of carbonyl (C=O) groups excluding carboxylic acids is 1. The number of amides is 1. The third-order valence-corrected chi connectivity index (χ3v) is 8.63. The fraction of sp³-hybridized carbons (Fsp3) is 0.0952. The highest BCUT2D eigenvalue weighted by Crippen LogP contribution is 2.42. The van der Waals surface area contributed by atoms with Gasteiger partial charge >= 0.3 is 0 Å². The van der Waals surface area contributed by atoms with Crippen LogP contribution in [0.3, 0.4) is 0 Å². The molecule has 1 aliphatic heterocycles. The third kappa shape index (κ3) is 6.53. The van der Waals surface area contributed by atoms with Gasteiger partial charge in [-0.25, -0.2) is 0 Å². The molecule has 0 saturated heterocycles. The van der Waals surface area contributed by atoms with Crippen LogP contribution >= 0.6 is 0 Å². The second kappa shape index (κ2) is 14.3. The summed E-state index contributed by atoms with van der Waals surface area (Å²) in [5.74, 6) is -0.353. The standard InChI is InChI=1S/C42H35N3O3/c46-41(40-28-39(45-48-40)33-16-13-27-43-29-33)44-37-25-23-32(24-26-37)38(31-14-5-1-6-15-31)30-47-42(34-17-7-2-8-18-34,35-19-9-3-10-20-35)36-21-11-4-12-22-36/h1-29,38,40,45H,30H2,(H,44,46). The number of carbonyl (C=O) groups is 1. The van der Waals surface area contributed by atoms with E-state index in [0.717, 1.165) is 33.4 Å². The third-order valence-electron chi connectivity index (χ3n) is 8.63. The second-order valence-corrected chi connectivity index (χ2v) is 11.6. The first-order chi connectivity index (χ1) is 23.7. The van der Waals surface area contributed by atoms with Gasteiger partial charge in [-0.05, 0) is 58.2 Å². The number of hydrogen-bond donors (Lipinski definition) is 2. The first kappa shape index (κ1) is 30.8. The predicted octanol–water partition coefficient (Wildman–Crippen LogP) is 8.11. The maximum absolute atomic E-state index is 13.1. The van der Waals surface area contributed by atoms with Gasteiger partial charge in [0.1, 0.15) is 5.60 Å². The molecule has 5 aromatic carbocycles. The molecule has 0 aliphatic carbocycles. The van der Waals surface area contributed by atoms with Gasteiger partial charge in [-0.1, -0.05) is 133 Å². The van der Waals surface area contributed by atoms with E-state index in [4.69, 9.17) is 9.57 Å². The maximum atomic E-state index is 13.1. The molecule has 236 valence electrons. The molecule has 1 amide bonds. The number of benzene rings is 5. The summed E-state index contributed by atoms with van der Waals surface area (Å²) in [6.07, 6.45) is 4.40. The summed E-state index contributed by atoms with van der Waals surface area (Å²) in [5, 5.41) is 2.99. The molecule has 2 heterocycles. The van der Waals surface area contributed by atoms with Crippen LogP contribution in [0, 0.1) is 0 Å². The van der Waals surface area contributed by atoms with Crippen LogP contribution in [0.5, 0.6) is 0 Å². The Morgan fingerprint density at radius 1 is 0.708 bits per heavy atom. The topological polar surface area (TPSA) is 72.5 Å². The minimum absolute atomic E-state index is 0.0844. The fourth-order valence-corrected chi connectivity index (χ4v) is 6.21. The van der Waals surface area contributed by atoms with E-state index in [2.05, 4.69) is 125 Å². The monoisotopic (exact) mass is 629 g/mol. The number of ether oxygens (including phenoxy) is 1. The van der Waals surface area contributed by atoms with Gasteiger partial charge in [-0.2, -0.15) is 0 Å². The zero-order valence-corrected chi connectivity index (χ0v) is 26.3. The van der Waals surface area contributed by atoms with Crippen LogP contribution in [-0.2, 0) is 20.0 Å². The van der Waals surface area contributed by atoms with Crippen LogP contribution in [-0.4, -0.2) is 23.6 Å². The lowest BCUT2D eigenvalue weighted by Gasteiger charge is -2.37. The SMILES string of the molecule is O=C(Nc1ccc(C(COC(c2ccccc2)(c2ccccc2)c2ccccc2)c2ccccc2)cc1)C1C=C(c2cccnc2)NO1. The van der Waals surface area contributed by atoms with Crippen LogP contribution < -0.4 is 10.8 Å². The molecule has 1 aliphatic rings. The number of hydroxylamine groups is 1. The molecule has 7 rings (SSSR count). The second-order valence-electron chi connectivity index (χ2n) is 11.6. The van der Waals surface area contributed by atoms with Crippen molar-refractivity contribution in [2.24, 2.45) is 0 Å². The first-order valence-corrected chi connectivity index (χ1v) is 16.0. The van der Waals surface area contributed by atoms with Crippen molar-refractivity contribution in [3.05, 3.63) is 210 Å². The number of anilines is 1. The van der Waals surface area contributed by atoms with E-state index in [-0.39, 0.29) is 11.8 Å². The number of pyridine rings is 1. The lowest BCUT2D eigenvalue weighted by molar-refractivity contribution is -0.125. The van der Waals surface area contributed by atoms with Crippen molar-refractivity contribution in [3.63, 3.8) is 0 Å². The number of hydrogen-bond acceptors (Lipinski definition) is 5. The van der Waals surface area contributed by atoms with Gasteiger partial charge in [0.05, 0.1) is 12.3 Å². The van der Waals surface area contributed by atoms with Crippen molar-refractivity contribution in [2.45, 2.75) is 17.6 Å². The Bertz CT molecular complexity index is 1860. The molecule has 0 radical (unpaired) electrons. The highest BCUT2D eigenvalue weighted by Gasteiger charge is 2.38. The van der Waals surface area contributed by atoms with E-state index < -0.39 is 11.7 Å². The van der Waals surface area contributed by atoms with E-state index in [0.29, 0.717) is 18.0 Å². The predicted molar refractivity (Wildman–Crippen MR) is 189 cm³/mol. The molecular weight excluding hydrogens is 594 g/mol. The van der Waals surface area contributed by atoms with Crippen molar-refractivity contribution >= 4 is 17.3 Å². The molecule has 2 atom stereocenters. The van der Waals surface area contributed by atoms with Crippen molar-refractivity contribution in [1.29, 1.82) is 0 Å². The van der Waals surface area contributed by atoms with Gasteiger partial charge in [0, 0.05) is 29.6 Å². The number of nitrogens with one attached hydrogen (secondary N) is 2. The minimum atomic E-state index is -0.845. The molecule has 0 saturated carbocycles. The van der Waals surface area contributed by atoms with E-state index >= 15 is 0 Å². The van der Waals surface area contributed by atoms with Gasteiger partial charge in [-0.15, -0.1) is 0 Å². The molecule has 1 aromatic heterocycles. The largest absolute Gasteiger partial charge is 0.360 e. The average Bonchev–Trinajstić information content (AvgIpc) is 3.67. The van der Waals surface area contributed by atoms with Crippen molar-refractivity contribution < 1.29 is 14.4 Å². The van der Waals surface area contributed by atoms with Crippen LogP contribution in [0.1, 0.15) is 39.3 Å². The summed E-state index contributed by atoms with van der Waals surface area (Å²) >= 11 is 0. The quantitative estimate of drug-likeness (QED) is 0.142. The average molecular weight is 630 g/mol. The Hall–Kier alpha value is -5.82. The molecule has 0 fully saturated rings. The molecular formula is C42H35N3O3. The summed E-state index contributed by atoms with van der Waals surface area (Å²) in [6.45, 7) is 0.401. The normalized spacial score (nSPS) is 14.8. The van der Waals surface area contributed by atoms with Gasteiger partial charge in [0.25, 0.3) is 5.91 Å². The summed E-state index contributed by atoms with van der Waals surface area (Å²) in [7, 11) is 0. The Morgan fingerprint density at radius 3 is 1.79 bits per heavy atom. The van der Waals surface area contributed by atoms with Gasteiger partial charge < -0.3 is 10.1 Å². The highest BCUT2D eigenvalue weighted by atomic mass is 16.7. The summed E-state index contributed by atoms with van der Waals surface area (Å²) < 4.78 is 7.26. The zero-order chi connectivity index (χ0) is 32.6. The molecule has 2 unspecified atom stereocenters. The van der Waals surface area contributed by atoms with Gasteiger partial charge in [-0.3, -0.25) is 20.1 Å². The fourth-order valence-electron chi connectivity index (χ4n) is 6.21. The smallest absolute Gasteiger partial charge is 0.260 e. The molecule has 0 bridgehead atoms. The maximum Gasteiger partial charge on any atom is 0.260 e. The van der Waals surface area contributed by atoms with E-state index in [1.165, 1.54) is 0 Å². The van der Waals surface area contributed by atoms with Crippen molar-refractivity contribution in [3.8, 4) is 0 Å². The summed E-state index contributed by atoms with van der Waals surface area (Å²) in [5.41, 5.74) is 9.59. The summed E-state index contributed by atoms with van der Waals surface area (Å²) in [4.78, 5) is 22.8. The van der Waals surface area contributed by atoms with E-state index in [1.807, 2.05) is 48.5 Å². The van der Waals surface area contributed by atoms with Crippen molar-refractivity contribution in [2.75, 3.05) is 11.9 Å². The Balaban J connectivity index is 1.17. The molecule has 6 nitrogen and oxygen atoms in total. The van der Waals surface area contributed by atoms with Crippen LogP contribution in [0.15, 0.2) is 176 Å². The minimum Gasteiger partial charge on any atom is -0.360 e. The number of aromatic nitrogens is 1. The Labute approximate surface area is 280 Å². The molecule has 6 aromatic rings. The van der Waals surface area contributed by atoms with Gasteiger partial charge in [0.2, 0.25) is 0 Å². The molecule has 48 heavy (non-hydrogen) atoms. The molecule has 2 N–H and O–H groups in total. The van der Waals surface area contributed by atoms with Gasteiger partial charge in [0.15, 0.2) is 6.10 Å². The highest BCUT2D eigenvalue weighted by molar-refractivity contribution is 5.97. The zero-order valence-electron chi connectivity index (χ0n) is 26.3. The Morgan fingerprint density at radius 2 is 1.25 bits per heavy atom. The first-order valence-electron chi connectivity index (χ1n) is 16.0. The number of rotatable bonds is 11. The van der Waals surface area contributed by atoms with E-state index in [1.54, 1.807) is 18.5 Å². The van der Waals surface area contributed by atoms with Crippen LogP contribution in [0.2, 0.25) is 0 Å². The lowest BCUT2D eigenvalue weighted by atomic mass is 9.79.